The smallest absolute Gasteiger partial charge is 0.337 e. The third-order valence-corrected chi connectivity index (χ3v) is 3.65. The number of halogens is 1. The molecule has 0 bridgehead atoms. The number of rotatable bonds is 6. The molecule has 0 saturated heterocycles. The van der Waals surface area contributed by atoms with Gasteiger partial charge in [0.25, 0.3) is 0 Å². The van der Waals surface area contributed by atoms with Crippen molar-refractivity contribution in [1.29, 1.82) is 0 Å². The molecule has 0 aromatic heterocycles. The van der Waals surface area contributed by atoms with E-state index in [9.17, 15) is 9.90 Å². The maximum Gasteiger partial charge on any atom is 0.337 e. The van der Waals surface area contributed by atoms with Crippen molar-refractivity contribution in [1.82, 2.24) is 0 Å². The highest BCUT2D eigenvalue weighted by molar-refractivity contribution is 6.30. The highest BCUT2D eigenvalue weighted by Gasteiger charge is 2.16. The van der Waals surface area contributed by atoms with E-state index in [0.29, 0.717) is 40.0 Å². The lowest BCUT2D eigenvalue weighted by Gasteiger charge is -2.16. The molecule has 2 rings (SSSR count). The molecule has 0 spiro atoms. The number of esters is 1. The second kappa shape index (κ2) is 8.18. The number of aliphatic hydroxyl groups excluding tert-OH is 1. The van der Waals surface area contributed by atoms with Crippen molar-refractivity contribution >= 4 is 17.6 Å². The largest absolute Gasteiger partial charge is 0.493 e. The summed E-state index contributed by atoms with van der Waals surface area (Å²) in [5, 5.41) is 11.2. The van der Waals surface area contributed by atoms with Gasteiger partial charge in [-0.1, -0.05) is 37.6 Å². The van der Waals surface area contributed by atoms with Gasteiger partial charge in [-0.15, -0.1) is 0 Å². The van der Waals surface area contributed by atoms with Crippen molar-refractivity contribution < 1.29 is 19.4 Å². The number of aliphatic hydroxyl groups is 1. The molecule has 4 nitrogen and oxygen atoms in total. The molecule has 0 aliphatic rings. The number of benzene rings is 2. The monoisotopic (exact) mass is 348 g/mol. The summed E-state index contributed by atoms with van der Waals surface area (Å²) < 4.78 is 10.5. The Balaban J connectivity index is 2.39. The predicted molar refractivity (Wildman–Crippen MR) is 93.6 cm³/mol. The number of hydrogen-bond acceptors (Lipinski definition) is 4. The highest BCUT2D eigenvalue weighted by atomic mass is 35.5. The van der Waals surface area contributed by atoms with E-state index < -0.39 is 12.1 Å². The van der Waals surface area contributed by atoms with Crippen molar-refractivity contribution in [2.24, 2.45) is 5.92 Å². The molecule has 1 atom stereocenters. The normalized spacial score (nSPS) is 12.1. The molecule has 1 unspecified atom stereocenters. The Kier molecular flexibility index (Phi) is 6.23. The van der Waals surface area contributed by atoms with Crippen molar-refractivity contribution in [3.8, 4) is 5.75 Å². The van der Waals surface area contributed by atoms with Gasteiger partial charge < -0.3 is 14.6 Å². The number of ether oxygens (including phenoxy) is 2. The van der Waals surface area contributed by atoms with Crippen LogP contribution in [0.1, 0.15) is 41.4 Å². The first-order valence-corrected chi connectivity index (χ1v) is 8.08. The first-order valence-electron chi connectivity index (χ1n) is 7.70. The van der Waals surface area contributed by atoms with Gasteiger partial charge in [0.05, 0.1) is 19.3 Å². The van der Waals surface area contributed by atoms with Crippen molar-refractivity contribution in [2.75, 3.05) is 13.7 Å². The molecule has 24 heavy (non-hydrogen) atoms. The Morgan fingerprint density at radius 3 is 2.54 bits per heavy atom. The summed E-state index contributed by atoms with van der Waals surface area (Å²) in [4.78, 5) is 11.9. The van der Waals surface area contributed by atoms with E-state index in [1.54, 1.807) is 42.5 Å². The topological polar surface area (TPSA) is 55.8 Å². The number of carbonyl (C=O) groups excluding carboxylic acids is 1. The van der Waals surface area contributed by atoms with Crippen molar-refractivity contribution in [2.45, 2.75) is 20.0 Å². The van der Waals surface area contributed by atoms with E-state index in [1.807, 2.05) is 13.8 Å². The van der Waals surface area contributed by atoms with E-state index in [4.69, 9.17) is 21.1 Å². The molecular weight excluding hydrogens is 328 g/mol. The third kappa shape index (κ3) is 4.73. The summed E-state index contributed by atoms with van der Waals surface area (Å²) in [6.45, 7) is 4.58. The Morgan fingerprint density at radius 1 is 1.17 bits per heavy atom. The first kappa shape index (κ1) is 18.3. The van der Waals surface area contributed by atoms with Gasteiger partial charge in [-0.2, -0.15) is 0 Å². The molecule has 2 aromatic rings. The molecule has 0 saturated carbocycles. The van der Waals surface area contributed by atoms with E-state index >= 15 is 0 Å². The molecule has 128 valence electrons. The first-order chi connectivity index (χ1) is 11.4. The Labute approximate surface area is 147 Å². The fraction of sp³-hybridized carbons (Fsp3) is 0.316. The van der Waals surface area contributed by atoms with Crippen LogP contribution in [0.5, 0.6) is 5.75 Å². The number of hydrogen-bond donors (Lipinski definition) is 1. The lowest BCUT2D eigenvalue weighted by atomic mass is 9.99. The summed E-state index contributed by atoms with van der Waals surface area (Å²) in [6, 6.07) is 11.9. The van der Waals surface area contributed by atoms with Gasteiger partial charge in [0.15, 0.2) is 0 Å². The average Bonchev–Trinajstić information content (AvgIpc) is 2.58. The zero-order chi connectivity index (χ0) is 17.7. The van der Waals surface area contributed by atoms with Crippen LogP contribution in [0.2, 0.25) is 5.02 Å². The molecule has 0 amide bonds. The minimum Gasteiger partial charge on any atom is -0.493 e. The number of carbonyl (C=O) groups is 1. The summed E-state index contributed by atoms with van der Waals surface area (Å²) in [7, 11) is 1.32. The quantitative estimate of drug-likeness (QED) is 0.793. The van der Waals surface area contributed by atoms with Gasteiger partial charge in [0, 0.05) is 5.02 Å². The standard InChI is InChI=1S/C19H21ClO4/c1-12(2)11-24-17-9-14(7-15(10-17)19(22)23-3)18(21)13-5-4-6-16(20)8-13/h4-10,12,18,21H,11H2,1-3H3. The SMILES string of the molecule is COC(=O)c1cc(OCC(C)C)cc(C(O)c2cccc(Cl)c2)c1. The van der Waals surface area contributed by atoms with Crippen LogP contribution in [0.15, 0.2) is 42.5 Å². The van der Waals surface area contributed by atoms with E-state index in [-0.39, 0.29) is 0 Å². The second-order valence-corrected chi connectivity index (χ2v) is 6.38. The van der Waals surface area contributed by atoms with Gasteiger partial charge in [-0.3, -0.25) is 0 Å². The molecule has 2 aromatic carbocycles. The van der Waals surface area contributed by atoms with Gasteiger partial charge in [-0.05, 0) is 47.4 Å². The molecule has 0 heterocycles. The molecule has 0 aliphatic heterocycles. The summed E-state index contributed by atoms with van der Waals surface area (Å²) in [5.41, 5.74) is 1.51. The van der Waals surface area contributed by atoms with Crippen LogP contribution in [-0.2, 0) is 4.74 Å². The molecular formula is C19H21ClO4. The summed E-state index contributed by atoms with van der Waals surface area (Å²) >= 11 is 5.99. The highest BCUT2D eigenvalue weighted by Crippen LogP contribution is 2.28. The molecule has 0 radical (unpaired) electrons. The molecule has 1 N–H and O–H groups in total. The lowest BCUT2D eigenvalue weighted by Crippen LogP contribution is -2.09. The fourth-order valence-electron chi connectivity index (χ4n) is 2.23. The van der Waals surface area contributed by atoms with Gasteiger partial charge in [-0.25, -0.2) is 4.79 Å². The molecule has 0 fully saturated rings. The van der Waals surface area contributed by atoms with Crippen LogP contribution in [0.3, 0.4) is 0 Å². The second-order valence-electron chi connectivity index (χ2n) is 5.94. The van der Waals surface area contributed by atoms with Crippen LogP contribution in [0.25, 0.3) is 0 Å². The van der Waals surface area contributed by atoms with E-state index in [0.717, 1.165) is 0 Å². The zero-order valence-corrected chi connectivity index (χ0v) is 14.7. The molecule has 5 heteroatoms. The van der Waals surface area contributed by atoms with Crippen LogP contribution in [0.4, 0.5) is 0 Å². The number of methoxy groups -OCH3 is 1. The maximum atomic E-state index is 11.9. The van der Waals surface area contributed by atoms with Crippen LogP contribution in [0, 0.1) is 5.92 Å². The predicted octanol–water partition coefficient (Wildman–Crippen LogP) is 4.24. The Morgan fingerprint density at radius 2 is 1.92 bits per heavy atom. The lowest BCUT2D eigenvalue weighted by molar-refractivity contribution is 0.0600. The Hall–Kier alpha value is -2.04. The fourth-order valence-corrected chi connectivity index (χ4v) is 2.43. The zero-order valence-electron chi connectivity index (χ0n) is 14.0. The van der Waals surface area contributed by atoms with Crippen LogP contribution < -0.4 is 4.74 Å². The van der Waals surface area contributed by atoms with E-state index in [2.05, 4.69) is 0 Å². The van der Waals surface area contributed by atoms with Gasteiger partial charge >= 0.3 is 5.97 Å². The average molecular weight is 349 g/mol. The van der Waals surface area contributed by atoms with Gasteiger partial charge in [0.1, 0.15) is 11.9 Å². The van der Waals surface area contributed by atoms with Crippen molar-refractivity contribution in [3.63, 3.8) is 0 Å². The Bertz CT molecular complexity index is 712. The minimum absolute atomic E-state index is 0.329. The van der Waals surface area contributed by atoms with E-state index in [1.165, 1.54) is 7.11 Å². The van der Waals surface area contributed by atoms with Crippen LogP contribution >= 0.6 is 11.6 Å². The summed E-state index contributed by atoms with van der Waals surface area (Å²) in [5.74, 6) is 0.375. The van der Waals surface area contributed by atoms with Crippen LogP contribution in [-0.4, -0.2) is 24.8 Å². The molecule has 0 aliphatic carbocycles. The minimum atomic E-state index is -0.922. The maximum absolute atomic E-state index is 11.9. The summed E-state index contributed by atoms with van der Waals surface area (Å²) in [6.07, 6.45) is -0.922. The van der Waals surface area contributed by atoms with Crippen molar-refractivity contribution in [3.05, 3.63) is 64.2 Å². The van der Waals surface area contributed by atoms with Gasteiger partial charge in [0.2, 0.25) is 0 Å². The third-order valence-electron chi connectivity index (χ3n) is 3.41.